The van der Waals surface area contributed by atoms with E-state index in [-0.39, 0.29) is 17.8 Å². The molecule has 1 aromatic carbocycles. The molecule has 0 saturated carbocycles. The van der Waals surface area contributed by atoms with Crippen molar-refractivity contribution >= 4 is 28.8 Å². The van der Waals surface area contributed by atoms with Gasteiger partial charge in [-0.3, -0.25) is 10.1 Å². The van der Waals surface area contributed by atoms with Crippen molar-refractivity contribution in [1.82, 2.24) is 14.9 Å². The maximum Gasteiger partial charge on any atom is 0.410 e. The van der Waals surface area contributed by atoms with Gasteiger partial charge in [0.25, 0.3) is 5.69 Å². The van der Waals surface area contributed by atoms with E-state index in [1.165, 1.54) is 12.1 Å². The quantitative estimate of drug-likeness (QED) is 0.666. The summed E-state index contributed by atoms with van der Waals surface area (Å²) in [7, 11) is 1.90. The second kappa shape index (κ2) is 6.47. The Morgan fingerprint density at radius 2 is 2.19 bits per heavy atom. The number of rotatable bonds is 3. The number of nitrogens with one attached hydrogen (secondary N) is 1. The van der Waals surface area contributed by atoms with Crippen LogP contribution in [0.4, 0.5) is 16.4 Å². The number of nitro benzene ring substituents is 1. The number of non-ortho nitro benzene ring substituents is 1. The first-order valence-corrected chi connectivity index (χ1v) is 8.49. The Kier molecular flexibility index (Phi) is 4.47. The molecule has 2 heterocycles. The van der Waals surface area contributed by atoms with Gasteiger partial charge in [-0.05, 0) is 33.3 Å². The van der Waals surface area contributed by atoms with Gasteiger partial charge in [-0.2, -0.15) is 0 Å². The Morgan fingerprint density at radius 1 is 1.46 bits per heavy atom. The van der Waals surface area contributed by atoms with E-state index in [1.54, 1.807) is 11.0 Å². The van der Waals surface area contributed by atoms with E-state index in [4.69, 9.17) is 4.74 Å². The number of H-pyrrole nitrogens is 1. The Hall–Kier alpha value is -2.84. The third-order valence-electron chi connectivity index (χ3n) is 4.36. The highest BCUT2D eigenvalue weighted by Gasteiger charge is 2.32. The fourth-order valence-electron chi connectivity index (χ4n) is 2.99. The van der Waals surface area contributed by atoms with E-state index in [1.807, 2.05) is 32.7 Å². The number of likely N-dealkylation sites (tertiary alicyclic amines) is 1. The van der Waals surface area contributed by atoms with Crippen LogP contribution >= 0.6 is 0 Å². The third-order valence-corrected chi connectivity index (χ3v) is 4.36. The second-order valence-electron chi connectivity index (χ2n) is 7.50. The Balaban J connectivity index is 1.72. The number of imidazole rings is 1. The number of anilines is 1. The molecule has 1 atom stereocenters. The molecule has 26 heavy (non-hydrogen) atoms. The van der Waals surface area contributed by atoms with Crippen LogP contribution in [-0.4, -0.2) is 57.7 Å². The number of ether oxygens (including phenoxy) is 1. The first-order valence-electron chi connectivity index (χ1n) is 8.49. The van der Waals surface area contributed by atoms with Gasteiger partial charge in [0, 0.05) is 32.3 Å². The molecule has 1 unspecified atom stereocenters. The van der Waals surface area contributed by atoms with E-state index in [2.05, 4.69) is 9.97 Å². The van der Waals surface area contributed by atoms with Crippen molar-refractivity contribution < 1.29 is 14.5 Å². The molecule has 1 aliphatic heterocycles. The van der Waals surface area contributed by atoms with Crippen LogP contribution in [0, 0.1) is 10.1 Å². The highest BCUT2D eigenvalue weighted by molar-refractivity contribution is 5.80. The van der Waals surface area contributed by atoms with Crippen LogP contribution in [0.15, 0.2) is 18.2 Å². The van der Waals surface area contributed by atoms with Crippen LogP contribution in [0.3, 0.4) is 0 Å². The van der Waals surface area contributed by atoms with Gasteiger partial charge >= 0.3 is 6.09 Å². The fraction of sp³-hybridized carbons (Fsp3) is 0.529. The van der Waals surface area contributed by atoms with Crippen molar-refractivity contribution in [2.45, 2.75) is 38.8 Å². The van der Waals surface area contributed by atoms with E-state index < -0.39 is 10.5 Å². The second-order valence-corrected chi connectivity index (χ2v) is 7.50. The minimum Gasteiger partial charge on any atom is -0.444 e. The zero-order chi connectivity index (χ0) is 19.1. The SMILES string of the molecule is CN(c1nc2ccc([N+](=O)[O-])cc2[nH]1)C1CCN(C(=O)OC(C)(C)C)C1. The monoisotopic (exact) mass is 361 g/mol. The molecule has 9 nitrogen and oxygen atoms in total. The molecule has 9 heteroatoms. The zero-order valence-corrected chi connectivity index (χ0v) is 15.4. The van der Waals surface area contributed by atoms with Crippen molar-refractivity contribution in [3.05, 3.63) is 28.3 Å². The number of fused-ring (bicyclic) bond motifs is 1. The highest BCUT2D eigenvalue weighted by Crippen LogP contribution is 2.25. The summed E-state index contributed by atoms with van der Waals surface area (Å²) in [6.45, 7) is 6.70. The molecule has 1 N–H and O–H groups in total. The molecule has 1 saturated heterocycles. The first-order chi connectivity index (χ1) is 12.1. The lowest BCUT2D eigenvalue weighted by Gasteiger charge is -2.26. The first kappa shape index (κ1) is 18.0. The molecule has 0 spiro atoms. The summed E-state index contributed by atoms with van der Waals surface area (Å²) in [5.41, 5.74) is 0.781. The number of hydrogen-bond acceptors (Lipinski definition) is 6. The zero-order valence-electron chi connectivity index (χ0n) is 15.4. The fourth-order valence-corrected chi connectivity index (χ4v) is 2.99. The number of aromatic nitrogens is 2. The number of carbonyl (C=O) groups is 1. The van der Waals surface area contributed by atoms with E-state index in [9.17, 15) is 14.9 Å². The number of hydrogen-bond donors (Lipinski definition) is 1. The van der Waals surface area contributed by atoms with Crippen LogP contribution in [0.1, 0.15) is 27.2 Å². The molecular weight excluding hydrogens is 338 g/mol. The van der Waals surface area contributed by atoms with Crippen molar-refractivity contribution in [3.63, 3.8) is 0 Å². The smallest absolute Gasteiger partial charge is 0.410 e. The van der Waals surface area contributed by atoms with Gasteiger partial charge in [0.15, 0.2) is 0 Å². The molecule has 140 valence electrons. The van der Waals surface area contributed by atoms with Crippen molar-refractivity contribution in [2.24, 2.45) is 0 Å². The lowest BCUT2D eigenvalue weighted by atomic mass is 10.2. The van der Waals surface area contributed by atoms with E-state index in [0.717, 1.165) is 6.42 Å². The van der Waals surface area contributed by atoms with E-state index in [0.29, 0.717) is 30.1 Å². The predicted molar refractivity (Wildman–Crippen MR) is 97.4 cm³/mol. The molecule has 1 amide bonds. The number of carbonyl (C=O) groups excluding carboxylic acids is 1. The largest absolute Gasteiger partial charge is 0.444 e. The van der Waals surface area contributed by atoms with Gasteiger partial charge in [0.1, 0.15) is 5.60 Å². The summed E-state index contributed by atoms with van der Waals surface area (Å²) in [6, 6.07) is 4.63. The number of nitrogens with zero attached hydrogens (tertiary/aromatic N) is 4. The minimum atomic E-state index is -0.519. The highest BCUT2D eigenvalue weighted by atomic mass is 16.6. The van der Waals surface area contributed by atoms with Crippen molar-refractivity contribution in [3.8, 4) is 0 Å². The lowest BCUT2D eigenvalue weighted by molar-refractivity contribution is -0.384. The summed E-state index contributed by atoms with van der Waals surface area (Å²) in [5.74, 6) is 0.622. The third kappa shape index (κ3) is 3.71. The van der Waals surface area contributed by atoms with E-state index >= 15 is 0 Å². The lowest BCUT2D eigenvalue weighted by Crippen LogP contribution is -2.39. The molecule has 3 rings (SSSR count). The van der Waals surface area contributed by atoms with Gasteiger partial charge in [-0.1, -0.05) is 0 Å². The average Bonchev–Trinajstić information content (AvgIpc) is 3.18. The predicted octanol–water partition coefficient (Wildman–Crippen LogP) is 2.92. The van der Waals surface area contributed by atoms with Crippen LogP contribution in [0.2, 0.25) is 0 Å². The Bertz CT molecular complexity index is 841. The van der Waals surface area contributed by atoms with Crippen molar-refractivity contribution in [2.75, 3.05) is 25.0 Å². The van der Waals surface area contributed by atoms with Gasteiger partial charge in [0.2, 0.25) is 5.95 Å². The number of amides is 1. The summed E-state index contributed by atoms with van der Waals surface area (Å²) < 4.78 is 5.42. The summed E-state index contributed by atoms with van der Waals surface area (Å²) in [6.07, 6.45) is 0.487. The molecule has 0 aliphatic carbocycles. The van der Waals surface area contributed by atoms with Crippen molar-refractivity contribution in [1.29, 1.82) is 0 Å². The maximum absolute atomic E-state index is 12.2. The minimum absolute atomic E-state index is 0.0207. The summed E-state index contributed by atoms with van der Waals surface area (Å²) in [4.78, 5) is 34.0. The maximum atomic E-state index is 12.2. The molecule has 0 radical (unpaired) electrons. The molecule has 2 aromatic rings. The Labute approximate surface area is 151 Å². The van der Waals surface area contributed by atoms with Gasteiger partial charge in [0.05, 0.1) is 22.0 Å². The normalized spacial score (nSPS) is 17.5. The summed E-state index contributed by atoms with van der Waals surface area (Å²) >= 11 is 0. The Morgan fingerprint density at radius 3 is 2.85 bits per heavy atom. The topological polar surface area (TPSA) is 105 Å². The van der Waals surface area contributed by atoms with Crippen LogP contribution in [0.25, 0.3) is 11.0 Å². The standard InChI is InChI=1S/C17H23N5O4/c1-17(2,3)26-16(23)21-8-7-12(10-21)20(4)15-18-13-6-5-11(22(24)25)9-14(13)19-15/h5-6,9,12H,7-8,10H2,1-4H3,(H,18,19). The number of aromatic amines is 1. The molecule has 1 aromatic heterocycles. The van der Waals surface area contributed by atoms with Crippen LogP contribution < -0.4 is 4.90 Å². The molecule has 1 aliphatic rings. The molecule has 0 bridgehead atoms. The van der Waals surface area contributed by atoms with Gasteiger partial charge in [-0.25, -0.2) is 9.78 Å². The molecule has 1 fully saturated rings. The van der Waals surface area contributed by atoms with Crippen LogP contribution in [-0.2, 0) is 4.74 Å². The summed E-state index contributed by atoms with van der Waals surface area (Å²) in [5, 5.41) is 10.9. The number of nitro groups is 1. The number of likely N-dealkylation sites (N-methyl/N-ethyl adjacent to an activating group) is 1. The number of benzene rings is 1. The molecular formula is C17H23N5O4. The van der Waals surface area contributed by atoms with Crippen LogP contribution in [0.5, 0.6) is 0 Å². The van der Waals surface area contributed by atoms with Gasteiger partial charge < -0.3 is 19.5 Å². The average molecular weight is 361 g/mol. The van der Waals surface area contributed by atoms with Gasteiger partial charge in [-0.15, -0.1) is 0 Å².